The van der Waals surface area contributed by atoms with E-state index in [-0.39, 0.29) is 4.90 Å². The summed E-state index contributed by atoms with van der Waals surface area (Å²) in [6, 6.07) is 12.6. The highest BCUT2D eigenvalue weighted by Crippen LogP contribution is 2.16. The maximum Gasteiger partial charge on any atom is 0.242 e. The number of anilines is 1. The molecule has 1 atom stereocenters. The molecule has 2 rings (SSSR count). The van der Waals surface area contributed by atoms with Crippen LogP contribution in [0.2, 0.25) is 0 Å². The summed E-state index contributed by atoms with van der Waals surface area (Å²) in [6.07, 6.45) is 3.25. The molecule has 7 heteroatoms. The van der Waals surface area contributed by atoms with Crippen LogP contribution in [0.3, 0.4) is 0 Å². The summed E-state index contributed by atoms with van der Waals surface area (Å²) >= 11 is 0. The minimum Gasteiger partial charge on any atom is -0.497 e. The Morgan fingerprint density at radius 3 is 2.26 bits per heavy atom. The van der Waals surface area contributed by atoms with Gasteiger partial charge in [0.2, 0.25) is 15.9 Å². The highest BCUT2D eigenvalue weighted by atomic mass is 32.2. The lowest BCUT2D eigenvalue weighted by Crippen LogP contribution is -2.41. The molecule has 6 nitrogen and oxygen atoms in total. The molecule has 0 aliphatic carbocycles. The molecule has 27 heavy (non-hydrogen) atoms. The fourth-order valence-corrected chi connectivity index (χ4v) is 3.70. The van der Waals surface area contributed by atoms with Crippen LogP contribution in [-0.4, -0.2) is 27.5 Å². The first kappa shape index (κ1) is 20.9. The fourth-order valence-electron chi connectivity index (χ4n) is 2.50. The molecule has 0 bridgehead atoms. The van der Waals surface area contributed by atoms with Gasteiger partial charge in [0.25, 0.3) is 0 Å². The Hall–Kier alpha value is -2.38. The number of carbonyl (C=O) groups is 1. The number of benzene rings is 2. The third-order valence-electron chi connectivity index (χ3n) is 4.14. The Morgan fingerprint density at radius 2 is 1.70 bits per heavy atom. The van der Waals surface area contributed by atoms with E-state index in [0.717, 1.165) is 19.3 Å². The fraction of sp³-hybridized carbons (Fsp3) is 0.350. The number of nitrogens with one attached hydrogen (secondary N) is 2. The molecule has 0 heterocycles. The molecule has 2 aromatic rings. The number of rotatable bonds is 9. The van der Waals surface area contributed by atoms with Gasteiger partial charge in [0, 0.05) is 5.69 Å². The molecule has 0 aromatic heterocycles. The summed E-state index contributed by atoms with van der Waals surface area (Å²) in [5.41, 5.74) is 1.85. The molecular weight excluding hydrogens is 364 g/mol. The number of hydrogen-bond acceptors (Lipinski definition) is 4. The van der Waals surface area contributed by atoms with E-state index in [4.69, 9.17) is 4.74 Å². The zero-order chi connectivity index (χ0) is 19.9. The Bertz CT molecular complexity index is 847. The van der Waals surface area contributed by atoms with Crippen molar-refractivity contribution in [3.05, 3.63) is 54.1 Å². The summed E-state index contributed by atoms with van der Waals surface area (Å²) < 4.78 is 32.2. The highest BCUT2D eigenvalue weighted by Gasteiger charge is 2.22. The van der Waals surface area contributed by atoms with Crippen LogP contribution in [0.4, 0.5) is 5.69 Å². The SMILES string of the molecule is CCCCc1ccc(NC(=O)[C@@H](C)NS(=O)(=O)c2ccc(OC)cc2)cc1. The second-order valence-corrected chi connectivity index (χ2v) is 8.02. The normalized spacial score (nSPS) is 12.4. The standard InChI is InChI=1S/C20H26N2O4S/c1-4-5-6-16-7-9-17(10-8-16)21-20(23)15(2)22-27(24,25)19-13-11-18(26-3)12-14-19/h7-15,22H,4-6H2,1-3H3,(H,21,23)/t15-/m1/s1. The average molecular weight is 391 g/mol. The topological polar surface area (TPSA) is 84.5 Å². The van der Waals surface area contributed by atoms with Gasteiger partial charge in [-0.2, -0.15) is 4.72 Å². The third kappa shape index (κ3) is 6.08. The molecule has 1 amide bonds. The van der Waals surface area contributed by atoms with Gasteiger partial charge in [-0.05, 0) is 61.7 Å². The van der Waals surface area contributed by atoms with Crippen LogP contribution in [0.15, 0.2) is 53.4 Å². The molecule has 2 N–H and O–H groups in total. The molecule has 2 aromatic carbocycles. The molecule has 146 valence electrons. The summed E-state index contributed by atoms with van der Waals surface area (Å²) in [6.45, 7) is 3.65. The van der Waals surface area contributed by atoms with Crippen molar-refractivity contribution in [3.8, 4) is 5.75 Å². The summed E-state index contributed by atoms with van der Waals surface area (Å²) in [5.74, 6) is 0.135. The number of amides is 1. The monoisotopic (exact) mass is 390 g/mol. The summed E-state index contributed by atoms with van der Waals surface area (Å²) in [7, 11) is -2.30. The van der Waals surface area contributed by atoms with Crippen molar-refractivity contribution in [1.82, 2.24) is 4.72 Å². The first-order valence-electron chi connectivity index (χ1n) is 8.92. The number of carbonyl (C=O) groups excluding carboxylic acids is 1. The quantitative estimate of drug-likeness (QED) is 0.688. The van der Waals surface area contributed by atoms with Crippen LogP contribution >= 0.6 is 0 Å². The van der Waals surface area contributed by atoms with Crippen LogP contribution in [0, 0.1) is 0 Å². The van der Waals surface area contributed by atoms with Crippen molar-refractivity contribution in [3.63, 3.8) is 0 Å². The van der Waals surface area contributed by atoms with Gasteiger partial charge >= 0.3 is 0 Å². The van der Waals surface area contributed by atoms with Crippen LogP contribution in [0.5, 0.6) is 5.75 Å². The number of aryl methyl sites for hydroxylation is 1. The molecule has 0 saturated carbocycles. The van der Waals surface area contributed by atoms with E-state index >= 15 is 0 Å². The van der Waals surface area contributed by atoms with Gasteiger partial charge in [0.15, 0.2) is 0 Å². The van der Waals surface area contributed by atoms with Crippen LogP contribution in [0.25, 0.3) is 0 Å². The Labute approximate surface area is 161 Å². The molecule has 0 fully saturated rings. The van der Waals surface area contributed by atoms with Gasteiger partial charge < -0.3 is 10.1 Å². The van der Waals surface area contributed by atoms with Gasteiger partial charge in [-0.3, -0.25) is 4.79 Å². The molecule has 0 saturated heterocycles. The molecule has 0 unspecified atom stereocenters. The van der Waals surface area contributed by atoms with Crippen molar-refractivity contribution in [1.29, 1.82) is 0 Å². The minimum absolute atomic E-state index is 0.0724. The maximum absolute atomic E-state index is 12.4. The van der Waals surface area contributed by atoms with Crippen LogP contribution in [0.1, 0.15) is 32.3 Å². The van der Waals surface area contributed by atoms with Gasteiger partial charge in [-0.1, -0.05) is 25.5 Å². The lowest BCUT2D eigenvalue weighted by molar-refractivity contribution is -0.117. The summed E-state index contributed by atoms with van der Waals surface area (Å²) in [4.78, 5) is 12.4. The van der Waals surface area contributed by atoms with Crippen LogP contribution < -0.4 is 14.8 Å². The van der Waals surface area contributed by atoms with E-state index in [1.165, 1.54) is 31.7 Å². The molecule has 0 radical (unpaired) electrons. The highest BCUT2D eigenvalue weighted by molar-refractivity contribution is 7.89. The Morgan fingerprint density at radius 1 is 1.07 bits per heavy atom. The van der Waals surface area contributed by atoms with E-state index < -0.39 is 22.0 Å². The molecule has 0 aliphatic rings. The van der Waals surface area contributed by atoms with E-state index in [9.17, 15) is 13.2 Å². The number of ether oxygens (including phenoxy) is 1. The van der Waals surface area contributed by atoms with E-state index in [2.05, 4.69) is 17.0 Å². The number of unbranched alkanes of at least 4 members (excludes halogenated alkanes) is 1. The minimum atomic E-state index is -3.81. The average Bonchev–Trinajstić information content (AvgIpc) is 2.67. The predicted octanol–water partition coefficient (Wildman–Crippen LogP) is 3.34. The predicted molar refractivity (Wildman–Crippen MR) is 106 cm³/mol. The van der Waals surface area contributed by atoms with E-state index in [0.29, 0.717) is 11.4 Å². The first-order valence-corrected chi connectivity index (χ1v) is 10.4. The smallest absolute Gasteiger partial charge is 0.242 e. The van der Waals surface area contributed by atoms with Crippen molar-refractivity contribution < 1.29 is 17.9 Å². The second-order valence-electron chi connectivity index (χ2n) is 6.31. The number of methoxy groups -OCH3 is 1. The summed E-state index contributed by atoms with van der Waals surface area (Å²) in [5, 5.41) is 2.73. The lowest BCUT2D eigenvalue weighted by Gasteiger charge is -2.15. The van der Waals surface area contributed by atoms with Gasteiger partial charge in [-0.25, -0.2) is 8.42 Å². The largest absolute Gasteiger partial charge is 0.497 e. The van der Waals surface area contributed by atoms with Crippen molar-refractivity contribution in [2.75, 3.05) is 12.4 Å². The van der Waals surface area contributed by atoms with Gasteiger partial charge in [0.1, 0.15) is 5.75 Å². The lowest BCUT2D eigenvalue weighted by atomic mass is 10.1. The molecular formula is C20H26N2O4S. The van der Waals surface area contributed by atoms with Crippen molar-refractivity contribution >= 4 is 21.6 Å². The van der Waals surface area contributed by atoms with Crippen molar-refractivity contribution in [2.45, 2.75) is 44.0 Å². The molecule has 0 spiro atoms. The third-order valence-corrected chi connectivity index (χ3v) is 5.69. The van der Waals surface area contributed by atoms with E-state index in [1.807, 2.05) is 24.3 Å². The van der Waals surface area contributed by atoms with Gasteiger partial charge in [0.05, 0.1) is 18.0 Å². The first-order chi connectivity index (χ1) is 12.9. The Balaban J connectivity index is 1.97. The maximum atomic E-state index is 12.4. The number of hydrogen-bond donors (Lipinski definition) is 2. The van der Waals surface area contributed by atoms with E-state index in [1.54, 1.807) is 12.1 Å². The van der Waals surface area contributed by atoms with Gasteiger partial charge in [-0.15, -0.1) is 0 Å². The van der Waals surface area contributed by atoms with Crippen LogP contribution in [-0.2, 0) is 21.2 Å². The Kier molecular flexibility index (Phi) is 7.38. The molecule has 0 aliphatic heterocycles. The van der Waals surface area contributed by atoms with Crippen molar-refractivity contribution in [2.24, 2.45) is 0 Å². The second kappa shape index (κ2) is 9.53. The number of sulfonamides is 1. The zero-order valence-corrected chi connectivity index (χ0v) is 16.7. The zero-order valence-electron chi connectivity index (χ0n) is 15.9.